The fraction of sp³-hybridized carbons (Fsp3) is 0.458. The molecule has 2 aromatic rings. The normalized spacial score (nSPS) is 14.0. The minimum atomic E-state index is -2.31. The zero-order chi connectivity index (χ0) is 27.3. The van der Waals surface area contributed by atoms with Crippen LogP contribution in [0, 0.1) is 0 Å². The molecule has 2 rings (SSSR count). The lowest BCUT2D eigenvalue weighted by atomic mass is 9.90. The molecule has 1 atom stereocenters. The smallest absolute Gasteiger partial charge is 0.340 e. The summed E-state index contributed by atoms with van der Waals surface area (Å²) in [6, 6.07) is 8.06. The van der Waals surface area contributed by atoms with Gasteiger partial charge in [0, 0.05) is 0 Å². The second-order valence-corrected chi connectivity index (χ2v) is 13.4. The van der Waals surface area contributed by atoms with Crippen LogP contribution in [0.4, 0.5) is 0 Å². The highest BCUT2D eigenvalue weighted by Crippen LogP contribution is 2.59. The zero-order valence-corrected chi connectivity index (χ0v) is 26.5. The SMILES string of the molecule is CCCCCCCCC(Cl)(Cl)C(Cl)(Cl)C(Cl)(C(=O)Oc1c(Cl)c(Cl)c(Cl)c(Cl)c1Cl)c1ccccc1. The van der Waals surface area contributed by atoms with E-state index in [9.17, 15) is 4.79 Å². The van der Waals surface area contributed by atoms with Gasteiger partial charge in [0.2, 0.25) is 4.87 Å². The van der Waals surface area contributed by atoms with Crippen molar-refractivity contribution < 1.29 is 9.53 Å². The molecule has 0 saturated heterocycles. The summed E-state index contributed by atoms with van der Waals surface area (Å²) in [7, 11) is 0. The van der Waals surface area contributed by atoms with Crippen LogP contribution in [0.3, 0.4) is 0 Å². The number of hydrogen-bond acceptors (Lipinski definition) is 2. The van der Waals surface area contributed by atoms with Crippen LogP contribution in [-0.4, -0.2) is 14.6 Å². The van der Waals surface area contributed by atoms with Crippen molar-refractivity contribution in [1.29, 1.82) is 0 Å². The van der Waals surface area contributed by atoms with E-state index in [0.717, 1.165) is 32.1 Å². The van der Waals surface area contributed by atoms with Gasteiger partial charge in [-0.15, -0.1) is 0 Å². The molecule has 0 radical (unpaired) electrons. The molecular weight excluding hydrogens is 675 g/mol. The molecule has 200 valence electrons. The average molecular weight is 697 g/mol. The Hall–Kier alpha value is 0.810. The molecular formula is C24H22Cl10O2. The fourth-order valence-electron chi connectivity index (χ4n) is 3.47. The molecule has 0 aliphatic carbocycles. The van der Waals surface area contributed by atoms with Crippen molar-refractivity contribution >= 4 is 122 Å². The van der Waals surface area contributed by atoms with Crippen molar-refractivity contribution in [1.82, 2.24) is 0 Å². The van der Waals surface area contributed by atoms with Gasteiger partial charge in [-0.1, -0.05) is 192 Å². The second kappa shape index (κ2) is 13.9. The van der Waals surface area contributed by atoms with Crippen LogP contribution < -0.4 is 4.74 Å². The van der Waals surface area contributed by atoms with Crippen LogP contribution in [0.25, 0.3) is 0 Å². The van der Waals surface area contributed by atoms with Gasteiger partial charge in [0.1, 0.15) is 10.0 Å². The van der Waals surface area contributed by atoms with Crippen molar-refractivity contribution in [2.45, 2.75) is 65.4 Å². The molecule has 0 heterocycles. The molecule has 0 fully saturated rings. The van der Waals surface area contributed by atoms with Gasteiger partial charge in [-0.3, -0.25) is 0 Å². The van der Waals surface area contributed by atoms with E-state index < -0.39 is 19.5 Å². The Morgan fingerprint density at radius 1 is 0.722 bits per heavy atom. The van der Waals surface area contributed by atoms with E-state index in [0.29, 0.717) is 6.42 Å². The van der Waals surface area contributed by atoms with Crippen LogP contribution in [0.5, 0.6) is 5.75 Å². The van der Waals surface area contributed by atoms with Crippen LogP contribution >= 0.6 is 116 Å². The largest absolute Gasteiger partial charge is 0.422 e. The highest BCUT2D eigenvalue weighted by Gasteiger charge is 2.66. The van der Waals surface area contributed by atoms with E-state index >= 15 is 0 Å². The number of alkyl halides is 5. The summed E-state index contributed by atoms with van der Waals surface area (Å²) < 4.78 is 1.37. The quantitative estimate of drug-likeness (QED) is 0.0551. The molecule has 0 bridgehead atoms. The van der Waals surface area contributed by atoms with E-state index in [1.807, 2.05) is 0 Å². The van der Waals surface area contributed by atoms with Crippen LogP contribution in [0.2, 0.25) is 25.1 Å². The monoisotopic (exact) mass is 692 g/mol. The predicted octanol–water partition coefficient (Wildman–Crippen LogP) is 12.1. The molecule has 0 aromatic heterocycles. The summed E-state index contributed by atoms with van der Waals surface area (Å²) in [6.45, 7) is 2.13. The highest BCUT2D eigenvalue weighted by atomic mass is 35.5. The van der Waals surface area contributed by atoms with E-state index in [-0.39, 0.29) is 42.8 Å². The molecule has 0 aliphatic rings. The number of unbranched alkanes of at least 4 members (excludes halogenated alkanes) is 5. The summed E-state index contributed by atoms with van der Waals surface area (Å²) in [5.74, 6) is -1.54. The Labute approximate surface area is 261 Å². The third-order valence-electron chi connectivity index (χ3n) is 5.55. The Kier molecular flexibility index (Phi) is 12.8. The summed E-state index contributed by atoms with van der Waals surface area (Å²) in [5, 5.41) is -0.990. The minimum Gasteiger partial charge on any atom is -0.422 e. The van der Waals surface area contributed by atoms with Crippen LogP contribution in [0.1, 0.15) is 57.4 Å². The second-order valence-electron chi connectivity index (χ2n) is 8.11. The highest BCUT2D eigenvalue weighted by molar-refractivity contribution is 6.66. The van der Waals surface area contributed by atoms with Gasteiger partial charge in [-0.25, -0.2) is 4.79 Å². The number of benzene rings is 2. The third kappa shape index (κ3) is 6.92. The first-order chi connectivity index (χ1) is 16.7. The van der Waals surface area contributed by atoms with Gasteiger partial charge >= 0.3 is 5.97 Å². The van der Waals surface area contributed by atoms with Gasteiger partial charge in [0.05, 0.1) is 15.1 Å². The van der Waals surface area contributed by atoms with Gasteiger partial charge in [0.25, 0.3) is 0 Å². The number of halogens is 10. The molecule has 1 unspecified atom stereocenters. The molecule has 2 nitrogen and oxygen atoms in total. The van der Waals surface area contributed by atoms with E-state index in [1.54, 1.807) is 18.2 Å². The molecule has 0 spiro atoms. The number of rotatable bonds is 12. The summed E-state index contributed by atoms with van der Waals surface area (Å²) in [6.07, 6.45) is 5.95. The number of hydrogen-bond donors (Lipinski definition) is 0. The van der Waals surface area contributed by atoms with Gasteiger partial charge in [0.15, 0.2) is 14.4 Å². The van der Waals surface area contributed by atoms with Crippen molar-refractivity contribution in [2.75, 3.05) is 0 Å². The van der Waals surface area contributed by atoms with Crippen LogP contribution in [-0.2, 0) is 9.67 Å². The van der Waals surface area contributed by atoms with Gasteiger partial charge in [-0.2, -0.15) is 0 Å². The van der Waals surface area contributed by atoms with Crippen molar-refractivity contribution in [3.05, 3.63) is 61.0 Å². The first kappa shape index (κ1) is 33.0. The minimum absolute atomic E-state index is 0.114. The standard InChI is InChI=1S/C24H22Cl10O2/c1-2-3-4-5-6-10-13-22(30,31)24(33,34)23(32,14-11-8-7-9-12-14)21(35)36-20-18(28)16(26)15(25)17(27)19(20)29/h7-9,11-12H,2-6,10,13H2,1H3. The van der Waals surface area contributed by atoms with Crippen molar-refractivity contribution in [3.8, 4) is 5.75 Å². The first-order valence-corrected chi connectivity index (χ1v) is 14.8. The maximum Gasteiger partial charge on any atom is 0.340 e. The number of carbonyl (C=O) groups is 1. The van der Waals surface area contributed by atoms with Crippen molar-refractivity contribution in [3.63, 3.8) is 0 Å². The number of esters is 1. The van der Waals surface area contributed by atoms with Crippen LogP contribution in [0.15, 0.2) is 30.3 Å². The number of ether oxygens (including phenoxy) is 1. The Morgan fingerprint density at radius 2 is 1.19 bits per heavy atom. The fourth-order valence-corrected chi connectivity index (χ4v) is 6.20. The zero-order valence-electron chi connectivity index (χ0n) is 18.9. The number of carbonyl (C=O) groups excluding carboxylic acids is 1. The van der Waals surface area contributed by atoms with Gasteiger partial charge in [-0.05, 0) is 12.0 Å². The molecule has 12 heteroatoms. The summed E-state index contributed by atoms with van der Waals surface area (Å²) in [5.41, 5.74) is 0.175. The van der Waals surface area contributed by atoms with Gasteiger partial charge < -0.3 is 4.74 Å². The molecule has 0 saturated carbocycles. The molecule has 2 aromatic carbocycles. The summed E-state index contributed by atoms with van der Waals surface area (Å²) in [4.78, 5) is 11.4. The molecule has 36 heavy (non-hydrogen) atoms. The predicted molar refractivity (Wildman–Crippen MR) is 158 cm³/mol. The third-order valence-corrected chi connectivity index (χ3v) is 11.2. The van der Waals surface area contributed by atoms with Crippen molar-refractivity contribution in [2.24, 2.45) is 0 Å². The molecule has 0 amide bonds. The van der Waals surface area contributed by atoms with E-state index in [2.05, 4.69) is 6.92 Å². The maximum atomic E-state index is 13.7. The summed E-state index contributed by atoms with van der Waals surface area (Å²) >= 11 is 64.6. The Balaban J connectivity index is 2.48. The molecule has 0 aliphatic heterocycles. The van der Waals surface area contributed by atoms with E-state index in [4.69, 9.17) is 121 Å². The Morgan fingerprint density at radius 3 is 1.72 bits per heavy atom. The average Bonchev–Trinajstić information content (AvgIpc) is 2.85. The van der Waals surface area contributed by atoms with E-state index in [1.165, 1.54) is 12.1 Å². The maximum absolute atomic E-state index is 13.7. The molecule has 0 N–H and O–H groups in total. The first-order valence-electron chi connectivity index (χ1n) is 11.0. The lowest BCUT2D eigenvalue weighted by Crippen LogP contribution is -2.56. The lowest BCUT2D eigenvalue weighted by molar-refractivity contribution is -0.138. The Bertz CT molecular complexity index is 1030. The lowest BCUT2D eigenvalue weighted by Gasteiger charge is -2.43. The topological polar surface area (TPSA) is 26.3 Å².